The molecule has 2 nitrogen and oxygen atoms in total. The SMILES string of the molecule is C1=CC2c3ccc(-c4ccc5c6c(n(-c7ccccc7)c5c4)C=CCC6)cc3N(c3ccccc3)C2C=C1. The summed E-state index contributed by atoms with van der Waals surface area (Å²) in [5.41, 5.74) is 11.7. The Morgan fingerprint density at radius 1 is 0.684 bits per heavy atom. The van der Waals surface area contributed by atoms with Crippen LogP contribution < -0.4 is 4.90 Å². The molecule has 38 heavy (non-hydrogen) atoms. The molecule has 1 aliphatic heterocycles. The Bertz CT molecular complexity index is 1770. The highest BCUT2D eigenvalue weighted by Crippen LogP contribution is 2.49. The lowest BCUT2D eigenvalue weighted by molar-refractivity contribution is 0.745. The lowest BCUT2D eigenvalue weighted by atomic mass is 9.90. The highest BCUT2D eigenvalue weighted by molar-refractivity contribution is 5.94. The predicted molar refractivity (Wildman–Crippen MR) is 159 cm³/mol. The summed E-state index contributed by atoms with van der Waals surface area (Å²) < 4.78 is 2.44. The van der Waals surface area contributed by atoms with Crippen molar-refractivity contribution < 1.29 is 0 Å². The smallest absolute Gasteiger partial charge is 0.0629 e. The zero-order valence-corrected chi connectivity index (χ0v) is 21.2. The number of fused-ring (bicyclic) bond motifs is 6. The number of allylic oxidation sites excluding steroid dienone is 3. The molecule has 0 saturated heterocycles. The first kappa shape index (κ1) is 21.5. The van der Waals surface area contributed by atoms with Crippen LogP contribution in [-0.4, -0.2) is 10.6 Å². The van der Waals surface area contributed by atoms with Gasteiger partial charge in [0.2, 0.25) is 0 Å². The second kappa shape index (κ2) is 8.49. The zero-order chi connectivity index (χ0) is 25.1. The van der Waals surface area contributed by atoms with Crippen LogP contribution in [0.5, 0.6) is 0 Å². The van der Waals surface area contributed by atoms with Crippen LogP contribution in [0.25, 0.3) is 33.8 Å². The molecule has 8 rings (SSSR count). The number of benzene rings is 4. The zero-order valence-electron chi connectivity index (χ0n) is 21.2. The molecule has 0 saturated carbocycles. The fraction of sp³-hybridized carbons (Fsp3) is 0.111. The minimum absolute atomic E-state index is 0.309. The van der Waals surface area contributed by atoms with Gasteiger partial charge in [0.05, 0.1) is 11.6 Å². The van der Waals surface area contributed by atoms with Crippen molar-refractivity contribution >= 4 is 28.4 Å². The highest BCUT2D eigenvalue weighted by atomic mass is 15.2. The molecule has 0 radical (unpaired) electrons. The van der Waals surface area contributed by atoms with Crippen molar-refractivity contribution in [3.8, 4) is 16.8 Å². The number of nitrogens with zero attached hydrogens (tertiary/aromatic N) is 2. The molecule has 2 aliphatic carbocycles. The van der Waals surface area contributed by atoms with E-state index in [-0.39, 0.29) is 0 Å². The summed E-state index contributed by atoms with van der Waals surface area (Å²) in [5, 5.41) is 1.37. The minimum Gasteiger partial charge on any atom is -0.333 e. The van der Waals surface area contributed by atoms with Crippen LogP contribution in [0, 0.1) is 0 Å². The van der Waals surface area contributed by atoms with Crippen molar-refractivity contribution in [1.82, 2.24) is 4.57 Å². The fourth-order valence-corrected chi connectivity index (χ4v) is 6.67. The Kier molecular flexibility index (Phi) is 4.81. The summed E-state index contributed by atoms with van der Waals surface area (Å²) in [5.74, 6) is 0.376. The summed E-state index contributed by atoms with van der Waals surface area (Å²) in [4.78, 5) is 2.51. The van der Waals surface area contributed by atoms with Gasteiger partial charge >= 0.3 is 0 Å². The van der Waals surface area contributed by atoms with Gasteiger partial charge in [0.25, 0.3) is 0 Å². The topological polar surface area (TPSA) is 8.17 Å². The maximum Gasteiger partial charge on any atom is 0.0629 e. The van der Waals surface area contributed by atoms with Gasteiger partial charge < -0.3 is 9.47 Å². The maximum atomic E-state index is 2.51. The van der Waals surface area contributed by atoms with Crippen molar-refractivity contribution in [2.45, 2.75) is 24.8 Å². The molecule has 2 heteroatoms. The molecular formula is C36H28N2. The first-order valence-electron chi connectivity index (χ1n) is 13.6. The minimum atomic E-state index is 0.309. The molecule has 3 aliphatic rings. The van der Waals surface area contributed by atoms with Crippen LogP contribution in [0.1, 0.15) is 29.2 Å². The third-order valence-corrected chi connectivity index (χ3v) is 8.39. The summed E-state index contributed by atoms with van der Waals surface area (Å²) in [6.07, 6.45) is 15.9. The van der Waals surface area contributed by atoms with Crippen molar-refractivity contribution in [2.24, 2.45) is 0 Å². The van der Waals surface area contributed by atoms with E-state index >= 15 is 0 Å². The Labute approximate surface area is 223 Å². The van der Waals surface area contributed by atoms with Gasteiger partial charge in [0.15, 0.2) is 0 Å². The third-order valence-electron chi connectivity index (χ3n) is 8.39. The Balaban J connectivity index is 1.31. The standard InChI is InChI=1S/C36H28N2/c1-3-11-27(12-4-1)37-33-17-9-7-15-29(33)31-21-19-25(23-35(31)37)26-20-22-32-30-16-8-10-18-34(30)38(36(32)24-26)28-13-5-2-6-14-28/h1-7,9-15,17-24,29,33H,8,16H2. The van der Waals surface area contributed by atoms with E-state index in [0.29, 0.717) is 12.0 Å². The van der Waals surface area contributed by atoms with Crippen LogP contribution in [0.15, 0.2) is 127 Å². The van der Waals surface area contributed by atoms with E-state index in [2.05, 4.69) is 143 Å². The van der Waals surface area contributed by atoms with Crippen molar-refractivity contribution in [1.29, 1.82) is 0 Å². The van der Waals surface area contributed by atoms with E-state index in [0.717, 1.165) is 12.8 Å². The molecule has 0 N–H and O–H groups in total. The van der Waals surface area contributed by atoms with E-state index in [9.17, 15) is 0 Å². The quantitative estimate of drug-likeness (QED) is 0.246. The van der Waals surface area contributed by atoms with Crippen molar-refractivity contribution in [2.75, 3.05) is 4.90 Å². The van der Waals surface area contributed by atoms with Gasteiger partial charge in [-0.2, -0.15) is 0 Å². The average Bonchev–Trinajstić information content (AvgIpc) is 3.50. The molecule has 4 aromatic carbocycles. The normalized spacial score (nSPS) is 19.0. The number of rotatable bonds is 3. The van der Waals surface area contributed by atoms with Crippen LogP contribution in [0.2, 0.25) is 0 Å². The highest BCUT2D eigenvalue weighted by Gasteiger charge is 2.37. The van der Waals surface area contributed by atoms with Crippen LogP contribution in [0.4, 0.5) is 11.4 Å². The lowest BCUT2D eigenvalue weighted by Gasteiger charge is -2.28. The number of anilines is 2. The van der Waals surface area contributed by atoms with Gasteiger partial charge in [0, 0.05) is 34.1 Å². The Morgan fingerprint density at radius 3 is 2.26 bits per heavy atom. The van der Waals surface area contributed by atoms with Crippen LogP contribution in [-0.2, 0) is 6.42 Å². The number of aryl methyl sites for hydroxylation is 1. The van der Waals surface area contributed by atoms with E-state index in [1.807, 2.05) is 0 Å². The summed E-state index contributed by atoms with van der Waals surface area (Å²) in [7, 11) is 0. The number of aromatic nitrogens is 1. The van der Waals surface area contributed by atoms with E-state index in [4.69, 9.17) is 0 Å². The predicted octanol–water partition coefficient (Wildman–Crippen LogP) is 8.99. The first-order chi connectivity index (χ1) is 18.9. The molecule has 182 valence electrons. The number of para-hydroxylation sites is 2. The Morgan fingerprint density at radius 2 is 1.42 bits per heavy atom. The van der Waals surface area contributed by atoms with Gasteiger partial charge in [-0.05, 0) is 77.6 Å². The molecule has 2 atom stereocenters. The molecule has 0 fully saturated rings. The monoisotopic (exact) mass is 488 g/mol. The molecular weight excluding hydrogens is 460 g/mol. The molecule has 0 amide bonds. The van der Waals surface area contributed by atoms with Gasteiger partial charge in [-0.3, -0.25) is 0 Å². The van der Waals surface area contributed by atoms with Crippen molar-refractivity contribution in [3.05, 3.63) is 144 Å². The van der Waals surface area contributed by atoms with E-state index < -0.39 is 0 Å². The van der Waals surface area contributed by atoms with E-state index in [1.165, 1.54) is 55.9 Å². The summed E-state index contributed by atoms with van der Waals surface area (Å²) >= 11 is 0. The molecule has 2 heterocycles. The molecule has 0 bridgehead atoms. The van der Waals surface area contributed by atoms with Gasteiger partial charge in [-0.25, -0.2) is 0 Å². The summed E-state index contributed by atoms with van der Waals surface area (Å²) in [6, 6.07) is 36.0. The van der Waals surface area contributed by atoms with Gasteiger partial charge in [-0.15, -0.1) is 0 Å². The number of hydrogen-bond acceptors (Lipinski definition) is 1. The first-order valence-corrected chi connectivity index (χ1v) is 13.6. The second-order valence-corrected chi connectivity index (χ2v) is 10.5. The van der Waals surface area contributed by atoms with Crippen LogP contribution >= 0.6 is 0 Å². The largest absolute Gasteiger partial charge is 0.333 e. The lowest BCUT2D eigenvalue weighted by Crippen LogP contribution is -2.28. The second-order valence-electron chi connectivity index (χ2n) is 10.5. The van der Waals surface area contributed by atoms with Gasteiger partial charge in [0.1, 0.15) is 0 Å². The molecule has 5 aromatic rings. The molecule has 2 unspecified atom stereocenters. The van der Waals surface area contributed by atoms with Gasteiger partial charge in [-0.1, -0.05) is 91.0 Å². The summed E-state index contributed by atoms with van der Waals surface area (Å²) in [6.45, 7) is 0. The molecule has 1 aromatic heterocycles. The van der Waals surface area contributed by atoms with Crippen molar-refractivity contribution in [3.63, 3.8) is 0 Å². The fourth-order valence-electron chi connectivity index (χ4n) is 6.67. The number of hydrogen-bond donors (Lipinski definition) is 0. The third kappa shape index (κ3) is 3.20. The maximum absolute atomic E-state index is 2.51. The van der Waals surface area contributed by atoms with E-state index in [1.54, 1.807) is 0 Å². The van der Waals surface area contributed by atoms with Crippen LogP contribution in [0.3, 0.4) is 0 Å². The molecule has 0 spiro atoms. The average molecular weight is 489 g/mol. The Hall–Kier alpha value is -4.56.